The minimum absolute atomic E-state index is 0.0755. The van der Waals surface area contributed by atoms with E-state index in [9.17, 15) is 9.90 Å². The maximum absolute atomic E-state index is 10.8. The average Bonchev–Trinajstić information content (AvgIpc) is 2.57. The maximum Gasteiger partial charge on any atom is 0.0671 e. The van der Waals surface area contributed by atoms with Crippen LogP contribution in [0, 0.1) is 11.8 Å². The molecule has 24 heavy (non-hydrogen) atoms. The monoisotopic (exact) mass is 330 g/mol. The Bertz CT molecular complexity index is 566. The standard InChI is InChI=1S/C20H29NO3/c1-14(10-11-18(21)16(3)20(22)23)12-15(2)19(24-4)13-17-8-6-5-7-9-17/h5-12,15-16,18-19H,13,21H2,1-4H3,(H,22,23)/p-1/b11-10+,14-12+/t15-,16+,18+,19-/m1/s1. The van der Waals surface area contributed by atoms with Gasteiger partial charge < -0.3 is 20.4 Å². The van der Waals surface area contributed by atoms with Crippen molar-refractivity contribution in [3.8, 4) is 0 Å². The molecule has 1 rings (SSSR count). The van der Waals surface area contributed by atoms with E-state index in [2.05, 4.69) is 25.1 Å². The van der Waals surface area contributed by atoms with Gasteiger partial charge in [-0.15, -0.1) is 0 Å². The largest absolute Gasteiger partial charge is 0.550 e. The number of carbonyl (C=O) groups excluding carboxylic acids is 1. The number of nitrogens with two attached hydrogens (primary N) is 1. The molecule has 2 N–H and O–H groups in total. The molecule has 0 aromatic heterocycles. The third-order valence-corrected chi connectivity index (χ3v) is 4.23. The van der Waals surface area contributed by atoms with Gasteiger partial charge in [0.1, 0.15) is 0 Å². The third kappa shape index (κ3) is 6.69. The van der Waals surface area contributed by atoms with Gasteiger partial charge in [-0.1, -0.05) is 68.0 Å². The molecule has 0 aliphatic heterocycles. The fourth-order valence-corrected chi connectivity index (χ4v) is 2.49. The Kier molecular flexibility index (Phi) is 8.44. The van der Waals surface area contributed by atoms with Crippen molar-refractivity contribution < 1.29 is 14.6 Å². The van der Waals surface area contributed by atoms with Crippen molar-refractivity contribution in [3.63, 3.8) is 0 Å². The molecule has 0 saturated heterocycles. The summed E-state index contributed by atoms with van der Waals surface area (Å²) < 4.78 is 5.63. The van der Waals surface area contributed by atoms with Gasteiger partial charge in [-0.05, 0) is 18.9 Å². The summed E-state index contributed by atoms with van der Waals surface area (Å²) in [6, 6.07) is 9.68. The van der Waals surface area contributed by atoms with Gasteiger partial charge >= 0.3 is 0 Å². The molecule has 4 nitrogen and oxygen atoms in total. The number of allylic oxidation sites excluding steroid dienone is 2. The highest BCUT2D eigenvalue weighted by Crippen LogP contribution is 2.17. The second kappa shape index (κ2) is 10.1. The highest BCUT2D eigenvalue weighted by molar-refractivity contribution is 5.68. The van der Waals surface area contributed by atoms with Crippen LogP contribution in [0.1, 0.15) is 26.3 Å². The van der Waals surface area contributed by atoms with Crippen LogP contribution in [0.5, 0.6) is 0 Å². The Morgan fingerprint density at radius 2 is 1.92 bits per heavy atom. The van der Waals surface area contributed by atoms with Crippen molar-refractivity contribution in [1.82, 2.24) is 0 Å². The first kappa shape index (κ1) is 20.1. The number of carbonyl (C=O) groups is 1. The summed E-state index contributed by atoms with van der Waals surface area (Å²) in [5.41, 5.74) is 8.09. The van der Waals surface area contributed by atoms with Crippen LogP contribution < -0.4 is 10.8 Å². The average molecular weight is 330 g/mol. The molecule has 0 radical (unpaired) electrons. The molecule has 4 heteroatoms. The van der Waals surface area contributed by atoms with Gasteiger partial charge in [0, 0.05) is 31.0 Å². The Hall–Kier alpha value is -1.91. The van der Waals surface area contributed by atoms with E-state index < -0.39 is 17.9 Å². The van der Waals surface area contributed by atoms with E-state index in [0.29, 0.717) is 0 Å². The van der Waals surface area contributed by atoms with Gasteiger partial charge in [0.25, 0.3) is 0 Å². The molecular weight excluding hydrogens is 302 g/mol. The Morgan fingerprint density at radius 3 is 2.46 bits per heavy atom. The number of carboxylic acid groups (broad SMARTS) is 1. The topological polar surface area (TPSA) is 75.4 Å². The molecule has 0 fully saturated rings. The normalized spacial score (nSPS) is 17.5. The van der Waals surface area contributed by atoms with Crippen molar-refractivity contribution in [2.75, 3.05) is 7.11 Å². The van der Waals surface area contributed by atoms with Gasteiger partial charge in [0.15, 0.2) is 0 Å². The molecule has 1 aromatic carbocycles. The summed E-state index contributed by atoms with van der Waals surface area (Å²) in [4.78, 5) is 10.8. The molecule has 0 amide bonds. The fourth-order valence-electron chi connectivity index (χ4n) is 2.49. The zero-order chi connectivity index (χ0) is 18.1. The van der Waals surface area contributed by atoms with E-state index in [0.717, 1.165) is 12.0 Å². The Morgan fingerprint density at radius 1 is 1.29 bits per heavy atom. The summed E-state index contributed by atoms with van der Waals surface area (Å²) in [6.07, 6.45) is 6.59. The highest BCUT2D eigenvalue weighted by atomic mass is 16.5. The second-order valence-electron chi connectivity index (χ2n) is 6.28. The predicted octanol–water partition coefficient (Wildman–Crippen LogP) is 2.10. The number of methoxy groups -OCH3 is 1. The lowest BCUT2D eigenvalue weighted by Crippen LogP contribution is -2.40. The van der Waals surface area contributed by atoms with Crippen LogP contribution in [-0.2, 0) is 16.0 Å². The summed E-state index contributed by atoms with van der Waals surface area (Å²) >= 11 is 0. The van der Waals surface area contributed by atoms with Crippen molar-refractivity contribution in [2.45, 2.75) is 39.3 Å². The van der Waals surface area contributed by atoms with Gasteiger partial charge in [-0.3, -0.25) is 0 Å². The molecule has 0 aliphatic carbocycles. The minimum atomic E-state index is -1.13. The molecule has 132 valence electrons. The molecule has 4 atom stereocenters. The predicted molar refractivity (Wildman–Crippen MR) is 95.2 cm³/mol. The SMILES string of the molecule is CO[C@H](Cc1ccccc1)[C@H](C)/C=C(C)/C=C/[C@H](N)[C@H](C)C(=O)[O-]. The van der Waals surface area contributed by atoms with E-state index in [-0.39, 0.29) is 12.0 Å². The molecule has 0 spiro atoms. The van der Waals surface area contributed by atoms with Crippen LogP contribution in [0.3, 0.4) is 0 Å². The zero-order valence-corrected chi connectivity index (χ0v) is 14.9. The van der Waals surface area contributed by atoms with Crippen LogP contribution in [0.2, 0.25) is 0 Å². The number of aliphatic carboxylic acids is 1. The lowest BCUT2D eigenvalue weighted by Gasteiger charge is -2.21. The van der Waals surface area contributed by atoms with Crippen LogP contribution >= 0.6 is 0 Å². The number of benzene rings is 1. The highest BCUT2D eigenvalue weighted by Gasteiger charge is 2.15. The van der Waals surface area contributed by atoms with E-state index in [1.807, 2.05) is 31.2 Å². The summed E-state index contributed by atoms with van der Waals surface area (Å²) in [5.74, 6) is -1.63. The number of carboxylic acids is 1. The number of ether oxygens (including phenoxy) is 1. The number of rotatable bonds is 9. The van der Waals surface area contributed by atoms with E-state index >= 15 is 0 Å². The van der Waals surface area contributed by atoms with E-state index in [1.165, 1.54) is 5.56 Å². The molecular formula is C20H28NO3-. The molecule has 1 aromatic rings. The van der Waals surface area contributed by atoms with Crippen molar-refractivity contribution >= 4 is 5.97 Å². The Balaban J connectivity index is 2.69. The van der Waals surface area contributed by atoms with Crippen molar-refractivity contribution in [3.05, 3.63) is 59.7 Å². The molecule has 0 unspecified atom stereocenters. The Labute approximate surface area is 145 Å². The van der Waals surface area contributed by atoms with Crippen LogP contribution in [0.15, 0.2) is 54.1 Å². The van der Waals surface area contributed by atoms with Gasteiger partial charge in [-0.25, -0.2) is 0 Å². The summed E-state index contributed by atoms with van der Waals surface area (Å²) in [7, 11) is 1.72. The van der Waals surface area contributed by atoms with Gasteiger partial charge in [0.2, 0.25) is 0 Å². The first-order chi connectivity index (χ1) is 11.3. The molecule has 0 saturated carbocycles. The molecule has 0 bridgehead atoms. The van der Waals surface area contributed by atoms with Crippen molar-refractivity contribution in [1.29, 1.82) is 0 Å². The first-order valence-corrected chi connectivity index (χ1v) is 8.25. The van der Waals surface area contributed by atoms with E-state index in [1.54, 1.807) is 20.1 Å². The van der Waals surface area contributed by atoms with E-state index in [4.69, 9.17) is 10.5 Å². The first-order valence-electron chi connectivity index (χ1n) is 8.25. The smallest absolute Gasteiger partial charge is 0.0671 e. The zero-order valence-electron chi connectivity index (χ0n) is 14.9. The number of hydrogen-bond donors (Lipinski definition) is 1. The lowest BCUT2D eigenvalue weighted by atomic mass is 9.95. The van der Waals surface area contributed by atoms with Crippen LogP contribution in [0.25, 0.3) is 0 Å². The minimum Gasteiger partial charge on any atom is -0.550 e. The summed E-state index contributed by atoms with van der Waals surface area (Å²) in [5, 5.41) is 10.8. The third-order valence-electron chi connectivity index (χ3n) is 4.23. The molecule has 0 heterocycles. The fraction of sp³-hybridized carbons (Fsp3) is 0.450. The quantitative estimate of drug-likeness (QED) is 0.704. The van der Waals surface area contributed by atoms with Crippen LogP contribution in [-0.4, -0.2) is 25.2 Å². The van der Waals surface area contributed by atoms with Gasteiger partial charge in [0.05, 0.1) is 6.10 Å². The second-order valence-corrected chi connectivity index (χ2v) is 6.28. The lowest BCUT2D eigenvalue weighted by molar-refractivity contribution is -0.311. The van der Waals surface area contributed by atoms with Gasteiger partial charge in [-0.2, -0.15) is 0 Å². The molecule has 0 aliphatic rings. The van der Waals surface area contributed by atoms with Crippen molar-refractivity contribution in [2.24, 2.45) is 17.6 Å². The summed E-state index contributed by atoms with van der Waals surface area (Å²) in [6.45, 7) is 5.63. The maximum atomic E-state index is 10.8. The van der Waals surface area contributed by atoms with Crippen LogP contribution in [0.4, 0.5) is 0 Å². The number of hydrogen-bond acceptors (Lipinski definition) is 4.